The van der Waals surface area contributed by atoms with Gasteiger partial charge in [-0.15, -0.1) is 0 Å². The van der Waals surface area contributed by atoms with Crippen LogP contribution in [0.2, 0.25) is 0 Å². The first-order valence-electron chi connectivity index (χ1n) is 9.02. The molecule has 0 N–H and O–H groups in total. The summed E-state index contributed by atoms with van der Waals surface area (Å²) >= 11 is 0. The summed E-state index contributed by atoms with van der Waals surface area (Å²) in [7, 11) is 1.76. The third-order valence-electron chi connectivity index (χ3n) is 4.99. The maximum absolute atomic E-state index is 5.72. The van der Waals surface area contributed by atoms with Gasteiger partial charge >= 0.3 is 0 Å². The van der Waals surface area contributed by atoms with Gasteiger partial charge in [-0.25, -0.2) is 0 Å². The first kappa shape index (κ1) is 16.4. The van der Waals surface area contributed by atoms with Crippen LogP contribution in [0.3, 0.4) is 0 Å². The van der Waals surface area contributed by atoms with Crippen molar-refractivity contribution >= 4 is 5.57 Å². The van der Waals surface area contributed by atoms with E-state index in [2.05, 4.69) is 97.1 Å². The Hall–Kier alpha value is -3.06. The van der Waals surface area contributed by atoms with E-state index in [9.17, 15) is 0 Å². The molecule has 0 amide bonds. The molecule has 4 rings (SSSR count). The Bertz CT molecular complexity index is 936. The average Bonchev–Trinajstić information content (AvgIpc) is 3.18. The quantitative estimate of drug-likeness (QED) is 0.540. The summed E-state index contributed by atoms with van der Waals surface area (Å²) in [5.74, 6) is 1.32. The molecular weight excluding hydrogens is 316 g/mol. The summed E-state index contributed by atoms with van der Waals surface area (Å²) in [6.07, 6.45) is 7.62. The fourth-order valence-electron chi connectivity index (χ4n) is 3.72. The van der Waals surface area contributed by atoms with Crippen molar-refractivity contribution in [3.63, 3.8) is 0 Å². The Kier molecular flexibility index (Phi) is 4.70. The molecule has 1 heteroatoms. The lowest BCUT2D eigenvalue weighted by Gasteiger charge is -2.19. The highest BCUT2D eigenvalue weighted by Crippen LogP contribution is 2.38. The van der Waals surface area contributed by atoms with Gasteiger partial charge in [-0.05, 0) is 34.8 Å². The molecular formula is C25H22O. The lowest BCUT2D eigenvalue weighted by Crippen LogP contribution is -2.05. The van der Waals surface area contributed by atoms with E-state index in [0.29, 0.717) is 5.92 Å². The van der Waals surface area contributed by atoms with Crippen LogP contribution in [-0.4, -0.2) is 7.11 Å². The molecule has 1 unspecified atom stereocenters. The Morgan fingerprint density at radius 3 is 2.15 bits per heavy atom. The molecule has 0 saturated heterocycles. The molecule has 0 aliphatic heterocycles. The Labute approximate surface area is 155 Å². The molecule has 0 heterocycles. The maximum Gasteiger partial charge on any atom is 0.122 e. The predicted molar refractivity (Wildman–Crippen MR) is 109 cm³/mol. The van der Waals surface area contributed by atoms with Crippen LogP contribution in [0, 0.1) is 5.92 Å². The number of benzene rings is 3. The molecule has 1 nitrogen and oxygen atoms in total. The van der Waals surface area contributed by atoms with Crippen LogP contribution < -0.4 is 4.74 Å². The highest BCUT2D eigenvalue weighted by atomic mass is 16.5. The molecule has 26 heavy (non-hydrogen) atoms. The van der Waals surface area contributed by atoms with Crippen molar-refractivity contribution < 1.29 is 4.74 Å². The third-order valence-corrected chi connectivity index (χ3v) is 4.99. The van der Waals surface area contributed by atoms with Crippen LogP contribution in [0.25, 0.3) is 16.7 Å². The molecule has 1 aliphatic carbocycles. The molecule has 0 radical (unpaired) electrons. The van der Waals surface area contributed by atoms with Crippen molar-refractivity contribution in [3.8, 4) is 16.9 Å². The van der Waals surface area contributed by atoms with Gasteiger partial charge in [0.25, 0.3) is 0 Å². The summed E-state index contributed by atoms with van der Waals surface area (Å²) in [6, 6.07) is 27.5. The molecule has 0 fully saturated rings. The largest absolute Gasteiger partial charge is 0.496 e. The summed E-state index contributed by atoms with van der Waals surface area (Å²) in [5, 5.41) is 0. The molecule has 0 aromatic heterocycles. The number of ether oxygens (including phenoxy) is 1. The van der Waals surface area contributed by atoms with Crippen LogP contribution in [0.15, 0.2) is 97.1 Å². The van der Waals surface area contributed by atoms with Crippen molar-refractivity contribution in [1.29, 1.82) is 0 Å². The number of rotatable bonds is 5. The Balaban J connectivity index is 1.72. The van der Waals surface area contributed by atoms with E-state index in [0.717, 1.165) is 12.2 Å². The lowest BCUT2D eigenvalue weighted by atomic mass is 9.86. The number of hydrogen-bond donors (Lipinski definition) is 0. The molecule has 1 atom stereocenters. The zero-order valence-corrected chi connectivity index (χ0v) is 14.9. The number of allylic oxidation sites excluding steroid dienone is 4. The second-order valence-electron chi connectivity index (χ2n) is 6.54. The summed E-state index contributed by atoms with van der Waals surface area (Å²) in [5.41, 5.74) is 6.40. The fraction of sp³-hybridized carbons (Fsp3) is 0.120. The van der Waals surface area contributed by atoms with Crippen LogP contribution in [0.5, 0.6) is 5.75 Å². The summed E-state index contributed by atoms with van der Waals surface area (Å²) in [6.45, 7) is 0. The van der Waals surface area contributed by atoms with Gasteiger partial charge in [0, 0.05) is 11.5 Å². The maximum atomic E-state index is 5.72. The topological polar surface area (TPSA) is 9.23 Å². The standard InChI is InChI=1S/C25H22O/c1-26-25-17-9-16-23(20-12-6-3-7-13-20)24(25)18-21-14-8-15-22(21)19-10-4-2-5-11-19/h2-17,21H,18H2,1H3. The first-order chi connectivity index (χ1) is 12.9. The summed E-state index contributed by atoms with van der Waals surface area (Å²) < 4.78 is 5.72. The predicted octanol–water partition coefficient (Wildman–Crippen LogP) is 6.17. The SMILES string of the molecule is COc1cccc(-c2ccccc2)c1CC1C=CC=C1c1ccccc1. The van der Waals surface area contributed by atoms with Gasteiger partial charge < -0.3 is 4.74 Å². The normalized spacial score (nSPS) is 15.7. The van der Waals surface area contributed by atoms with Crippen molar-refractivity contribution in [2.24, 2.45) is 5.92 Å². The van der Waals surface area contributed by atoms with Gasteiger partial charge in [-0.1, -0.05) is 91.0 Å². The number of methoxy groups -OCH3 is 1. The van der Waals surface area contributed by atoms with Gasteiger partial charge in [0.2, 0.25) is 0 Å². The smallest absolute Gasteiger partial charge is 0.122 e. The van der Waals surface area contributed by atoms with Gasteiger partial charge in [0.1, 0.15) is 5.75 Å². The van der Waals surface area contributed by atoms with Gasteiger partial charge in [-0.2, -0.15) is 0 Å². The van der Waals surface area contributed by atoms with Crippen LogP contribution in [0.4, 0.5) is 0 Å². The van der Waals surface area contributed by atoms with E-state index in [1.807, 2.05) is 0 Å². The second kappa shape index (κ2) is 7.45. The van der Waals surface area contributed by atoms with Crippen LogP contribution in [0.1, 0.15) is 11.1 Å². The Morgan fingerprint density at radius 2 is 1.46 bits per heavy atom. The highest BCUT2D eigenvalue weighted by molar-refractivity contribution is 5.75. The van der Waals surface area contributed by atoms with E-state index in [1.54, 1.807) is 7.11 Å². The van der Waals surface area contributed by atoms with Gasteiger partial charge in [-0.3, -0.25) is 0 Å². The molecule has 0 bridgehead atoms. The van der Waals surface area contributed by atoms with E-state index in [4.69, 9.17) is 4.74 Å². The summed E-state index contributed by atoms with van der Waals surface area (Å²) in [4.78, 5) is 0. The van der Waals surface area contributed by atoms with Crippen molar-refractivity contribution in [3.05, 3.63) is 108 Å². The fourth-order valence-corrected chi connectivity index (χ4v) is 3.72. The van der Waals surface area contributed by atoms with Gasteiger partial charge in [0.15, 0.2) is 0 Å². The van der Waals surface area contributed by atoms with Crippen molar-refractivity contribution in [1.82, 2.24) is 0 Å². The zero-order valence-electron chi connectivity index (χ0n) is 14.9. The van der Waals surface area contributed by atoms with E-state index < -0.39 is 0 Å². The molecule has 3 aromatic rings. The van der Waals surface area contributed by atoms with Crippen LogP contribution in [-0.2, 0) is 6.42 Å². The molecule has 128 valence electrons. The first-order valence-corrected chi connectivity index (χ1v) is 9.02. The van der Waals surface area contributed by atoms with Gasteiger partial charge in [0.05, 0.1) is 7.11 Å². The van der Waals surface area contributed by atoms with Crippen molar-refractivity contribution in [2.75, 3.05) is 7.11 Å². The minimum absolute atomic E-state index is 0.358. The Morgan fingerprint density at radius 1 is 0.769 bits per heavy atom. The number of hydrogen-bond acceptors (Lipinski definition) is 1. The minimum atomic E-state index is 0.358. The van der Waals surface area contributed by atoms with E-state index in [-0.39, 0.29) is 0 Å². The zero-order chi connectivity index (χ0) is 17.8. The lowest BCUT2D eigenvalue weighted by molar-refractivity contribution is 0.409. The highest BCUT2D eigenvalue weighted by Gasteiger charge is 2.21. The van der Waals surface area contributed by atoms with E-state index >= 15 is 0 Å². The van der Waals surface area contributed by atoms with Crippen LogP contribution >= 0.6 is 0 Å². The van der Waals surface area contributed by atoms with Crippen molar-refractivity contribution in [2.45, 2.75) is 6.42 Å². The van der Waals surface area contributed by atoms with E-state index in [1.165, 1.54) is 27.8 Å². The second-order valence-corrected chi connectivity index (χ2v) is 6.54. The third kappa shape index (κ3) is 3.21. The molecule has 0 saturated carbocycles. The average molecular weight is 338 g/mol. The molecule has 0 spiro atoms. The molecule has 1 aliphatic rings. The molecule has 3 aromatic carbocycles. The minimum Gasteiger partial charge on any atom is -0.496 e. The monoisotopic (exact) mass is 338 g/mol.